The molecule has 1 fully saturated rings. The highest BCUT2D eigenvalue weighted by Crippen LogP contribution is 2.11. The van der Waals surface area contributed by atoms with Crippen LogP contribution in [0.3, 0.4) is 0 Å². The van der Waals surface area contributed by atoms with Crippen LogP contribution in [0.5, 0.6) is 0 Å². The minimum absolute atomic E-state index is 0.130. The first-order valence-corrected chi connectivity index (χ1v) is 7.26. The molecule has 110 valence electrons. The highest BCUT2D eigenvalue weighted by Gasteiger charge is 2.21. The van der Waals surface area contributed by atoms with E-state index in [2.05, 4.69) is 32.4 Å². The van der Waals surface area contributed by atoms with Crippen LogP contribution >= 0.6 is 0 Å². The zero-order valence-corrected chi connectivity index (χ0v) is 12.2. The number of hydrogen-bond donors (Lipinski definition) is 2. The molecule has 1 saturated heterocycles. The molecule has 0 aromatic carbocycles. The standard InChI is InChI=1S/C14H23N5O/c1-3-6-19-7-4-11(5-8-19)18-14(20)12-9-17-13(15-2)10-16-12/h9-11H,3-8H2,1-2H3,(H,15,17)(H,18,20). The van der Waals surface area contributed by atoms with Crippen molar-refractivity contribution >= 4 is 11.7 Å². The number of aromatic nitrogens is 2. The lowest BCUT2D eigenvalue weighted by molar-refractivity contribution is 0.0905. The van der Waals surface area contributed by atoms with Crippen molar-refractivity contribution in [3.63, 3.8) is 0 Å². The van der Waals surface area contributed by atoms with E-state index in [1.807, 2.05) is 0 Å². The van der Waals surface area contributed by atoms with Gasteiger partial charge in [0, 0.05) is 26.2 Å². The van der Waals surface area contributed by atoms with Gasteiger partial charge in [0.2, 0.25) is 0 Å². The fourth-order valence-electron chi connectivity index (χ4n) is 2.45. The van der Waals surface area contributed by atoms with Crippen LogP contribution in [0.1, 0.15) is 36.7 Å². The van der Waals surface area contributed by atoms with Crippen molar-refractivity contribution in [3.8, 4) is 0 Å². The third kappa shape index (κ3) is 3.90. The summed E-state index contributed by atoms with van der Waals surface area (Å²) in [5, 5.41) is 5.93. The molecule has 0 atom stereocenters. The Bertz CT molecular complexity index is 426. The number of piperidine rings is 1. The van der Waals surface area contributed by atoms with E-state index < -0.39 is 0 Å². The summed E-state index contributed by atoms with van der Waals surface area (Å²) in [6, 6.07) is 0.251. The average Bonchev–Trinajstić information content (AvgIpc) is 2.49. The molecule has 1 aromatic heterocycles. The predicted octanol–water partition coefficient (Wildman–Crippen LogP) is 1.12. The van der Waals surface area contributed by atoms with E-state index in [0.717, 1.165) is 32.5 Å². The van der Waals surface area contributed by atoms with Crippen molar-refractivity contribution in [1.82, 2.24) is 20.2 Å². The largest absolute Gasteiger partial charge is 0.372 e. The number of hydrogen-bond acceptors (Lipinski definition) is 5. The van der Waals surface area contributed by atoms with Crippen molar-refractivity contribution in [2.75, 3.05) is 32.0 Å². The van der Waals surface area contributed by atoms with Crippen molar-refractivity contribution in [3.05, 3.63) is 18.1 Å². The Kier molecular flexibility index (Phi) is 5.29. The summed E-state index contributed by atoms with van der Waals surface area (Å²) >= 11 is 0. The molecular weight excluding hydrogens is 254 g/mol. The Morgan fingerprint density at radius 1 is 1.35 bits per heavy atom. The fourth-order valence-corrected chi connectivity index (χ4v) is 2.45. The van der Waals surface area contributed by atoms with E-state index in [-0.39, 0.29) is 11.9 Å². The maximum atomic E-state index is 12.1. The zero-order valence-electron chi connectivity index (χ0n) is 12.2. The molecule has 2 N–H and O–H groups in total. The van der Waals surface area contributed by atoms with Gasteiger partial charge in [0.25, 0.3) is 5.91 Å². The monoisotopic (exact) mass is 277 g/mol. The van der Waals surface area contributed by atoms with Gasteiger partial charge < -0.3 is 15.5 Å². The van der Waals surface area contributed by atoms with Crippen LogP contribution in [0, 0.1) is 0 Å². The zero-order chi connectivity index (χ0) is 14.4. The molecule has 1 amide bonds. The summed E-state index contributed by atoms with van der Waals surface area (Å²) in [5.74, 6) is 0.531. The third-order valence-corrected chi connectivity index (χ3v) is 3.60. The Morgan fingerprint density at radius 3 is 2.65 bits per heavy atom. The number of carbonyl (C=O) groups is 1. The quantitative estimate of drug-likeness (QED) is 0.844. The summed E-state index contributed by atoms with van der Waals surface area (Å²) < 4.78 is 0. The van der Waals surface area contributed by atoms with Crippen molar-refractivity contribution < 1.29 is 4.79 Å². The molecule has 1 aromatic rings. The molecule has 0 radical (unpaired) electrons. The second-order valence-electron chi connectivity index (χ2n) is 5.13. The van der Waals surface area contributed by atoms with Gasteiger partial charge in [-0.05, 0) is 25.8 Å². The van der Waals surface area contributed by atoms with Gasteiger partial charge in [0.1, 0.15) is 11.5 Å². The molecule has 0 spiro atoms. The first-order valence-electron chi connectivity index (χ1n) is 7.26. The fraction of sp³-hybridized carbons (Fsp3) is 0.643. The minimum Gasteiger partial charge on any atom is -0.372 e. The molecule has 1 aliphatic rings. The molecular formula is C14H23N5O. The normalized spacial score (nSPS) is 16.9. The Labute approximate surface area is 120 Å². The van der Waals surface area contributed by atoms with Gasteiger partial charge in [-0.25, -0.2) is 9.97 Å². The lowest BCUT2D eigenvalue weighted by atomic mass is 10.0. The third-order valence-electron chi connectivity index (χ3n) is 3.60. The number of amides is 1. The van der Waals surface area contributed by atoms with Crippen LogP contribution in [-0.2, 0) is 0 Å². The molecule has 0 bridgehead atoms. The van der Waals surface area contributed by atoms with Gasteiger partial charge >= 0.3 is 0 Å². The molecule has 0 aliphatic carbocycles. The summed E-state index contributed by atoms with van der Waals surface area (Å²) in [6.07, 6.45) is 6.28. The maximum Gasteiger partial charge on any atom is 0.271 e. The smallest absolute Gasteiger partial charge is 0.271 e. The summed E-state index contributed by atoms with van der Waals surface area (Å²) in [5.41, 5.74) is 0.375. The van der Waals surface area contributed by atoms with Crippen LogP contribution in [0.4, 0.5) is 5.82 Å². The summed E-state index contributed by atoms with van der Waals surface area (Å²) in [6.45, 7) is 5.46. The molecule has 0 unspecified atom stereocenters. The van der Waals surface area contributed by atoms with Crippen LogP contribution in [0.15, 0.2) is 12.4 Å². The Hall–Kier alpha value is -1.69. The first kappa shape index (κ1) is 14.7. The first-order chi connectivity index (χ1) is 9.72. The van der Waals surface area contributed by atoms with Gasteiger partial charge in [-0.1, -0.05) is 6.92 Å². The van der Waals surface area contributed by atoms with Gasteiger partial charge in [-0.15, -0.1) is 0 Å². The number of nitrogens with one attached hydrogen (secondary N) is 2. The lowest BCUT2D eigenvalue weighted by Crippen LogP contribution is -2.44. The van der Waals surface area contributed by atoms with E-state index >= 15 is 0 Å². The second kappa shape index (κ2) is 7.19. The van der Waals surface area contributed by atoms with Crippen LogP contribution < -0.4 is 10.6 Å². The van der Waals surface area contributed by atoms with Gasteiger partial charge in [-0.3, -0.25) is 4.79 Å². The van der Waals surface area contributed by atoms with Gasteiger partial charge in [0.15, 0.2) is 0 Å². The molecule has 0 saturated carbocycles. The van der Waals surface area contributed by atoms with E-state index in [9.17, 15) is 4.79 Å². The van der Waals surface area contributed by atoms with E-state index in [4.69, 9.17) is 0 Å². The summed E-state index contributed by atoms with van der Waals surface area (Å²) in [7, 11) is 1.77. The molecule has 6 heteroatoms. The van der Waals surface area contributed by atoms with Crippen molar-refractivity contribution in [2.45, 2.75) is 32.2 Å². The van der Waals surface area contributed by atoms with E-state index in [1.165, 1.54) is 12.6 Å². The van der Waals surface area contributed by atoms with Crippen molar-refractivity contribution in [2.24, 2.45) is 0 Å². The van der Waals surface area contributed by atoms with E-state index in [0.29, 0.717) is 11.5 Å². The van der Waals surface area contributed by atoms with Gasteiger partial charge in [0.05, 0.1) is 12.4 Å². The molecule has 2 rings (SSSR count). The predicted molar refractivity (Wildman–Crippen MR) is 78.8 cm³/mol. The number of anilines is 1. The average molecular weight is 277 g/mol. The molecule has 2 heterocycles. The highest BCUT2D eigenvalue weighted by atomic mass is 16.1. The maximum absolute atomic E-state index is 12.1. The molecule has 20 heavy (non-hydrogen) atoms. The Balaban J connectivity index is 1.82. The van der Waals surface area contributed by atoms with E-state index in [1.54, 1.807) is 13.2 Å². The number of carbonyl (C=O) groups excluding carboxylic acids is 1. The number of rotatable bonds is 5. The molecule has 1 aliphatic heterocycles. The van der Waals surface area contributed by atoms with Crippen LogP contribution in [0.25, 0.3) is 0 Å². The summed E-state index contributed by atoms with van der Waals surface area (Å²) in [4.78, 5) is 22.7. The Morgan fingerprint density at radius 2 is 2.10 bits per heavy atom. The number of likely N-dealkylation sites (tertiary alicyclic amines) is 1. The highest BCUT2D eigenvalue weighted by molar-refractivity contribution is 5.92. The SMILES string of the molecule is CCCN1CCC(NC(=O)c2cnc(NC)cn2)CC1. The number of nitrogens with zero attached hydrogens (tertiary/aromatic N) is 3. The minimum atomic E-state index is -0.130. The molecule has 6 nitrogen and oxygen atoms in total. The topological polar surface area (TPSA) is 70.2 Å². The van der Waals surface area contributed by atoms with Crippen molar-refractivity contribution in [1.29, 1.82) is 0 Å². The van der Waals surface area contributed by atoms with Gasteiger partial charge in [-0.2, -0.15) is 0 Å². The van der Waals surface area contributed by atoms with Crippen LogP contribution in [-0.4, -0.2) is 53.5 Å². The lowest BCUT2D eigenvalue weighted by Gasteiger charge is -2.31. The van der Waals surface area contributed by atoms with Crippen LogP contribution in [0.2, 0.25) is 0 Å². The second-order valence-corrected chi connectivity index (χ2v) is 5.13.